The van der Waals surface area contributed by atoms with Gasteiger partial charge in [-0.05, 0) is 30.0 Å². The first-order valence-electron chi connectivity index (χ1n) is 6.08. The molecule has 4 nitrogen and oxygen atoms in total. The summed E-state index contributed by atoms with van der Waals surface area (Å²) in [6.07, 6.45) is 0.859. The Kier molecular flexibility index (Phi) is 5.15. The maximum atomic E-state index is 13.4. The van der Waals surface area contributed by atoms with E-state index in [1.807, 2.05) is 20.8 Å². The van der Waals surface area contributed by atoms with Crippen molar-refractivity contribution in [2.24, 2.45) is 5.41 Å². The highest BCUT2D eigenvalue weighted by atomic mass is 35.7. The lowest BCUT2D eigenvalue weighted by Gasteiger charge is -2.22. The second kappa shape index (κ2) is 6.10. The Balaban J connectivity index is 2.97. The molecule has 0 aliphatic rings. The summed E-state index contributed by atoms with van der Waals surface area (Å²) in [5.74, 6) is -1.36. The van der Waals surface area contributed by atoms with Crippen molar-refractivity contribution in [1.29, 1.82) is 0 Å². The highest BCUT2D eigenvalue weighted by molar-refractivity contribution is 8.13. The second-order valence-corrected chi connectivity index (χ2v) is 7.88. The molecule has 0 aliphatic heterocycles. The highest BCUT2D eigenvalue weighted by Crippen LogP contribution is 2.20. The summed E-state index contributed by atoms with van der Waals surface area (Å²) in [5, 5.41) is 2.65. The van der Waals surface area contributed by atoms with E-state index in [4.69, 9.17) is 10.7 Å². The zero-order chi connectivity index (χ0) is 15.6. The normalized spacial score (nSPS) is 12.2. The average molecular weight is 322 g/mol. The number of carbonyl (C=O) groups excluding carboxylic acids is 1. The molecule has 0 saturated heterocycles. The van der Waals surface area contributed by atoms with Crippen molar-refractivity contribution in [1.82, 2.24) is 5.32 Å². The van der Waals surface area contributed by atoms with Gasteiger partial charge in [-0.25, -0.2) is 12.8 Å². The van der Waals surface area contributed by atoms with E-state index in [1.54, 1.807) is 0 Å². The lowest BCUT2D eigenvalue weighted by Crippen LogP contribution is -2.33. The van der Waals surface area contributed by atoms with E-state index in [9.17, 15) is 17.6 Å². The monoisotopic (exact) mass is 321 g/mol. The Morgan fingerprint density at radius 2 is 1.95 bits per heavy atom. The van der Waals surface area contributed by atoms with Crippen LogP contribution in [-0.2, 0) is 9.05 Å². The molecular formula is C13H17ClFNO3S. The molecule has 0 aromatic heterocycles. The van der Waals surface area contributed by atoms with E-state index in [0.29, 0.717) is 6.54 Å². The third-order valence-electron chi connectivity index (χ3n) is 3.10. The summed E-state index contributed by atoms with van der Waals surface area (Å²) in [6, 6.07) is 2.80. The largest absolute Gasteiger partial charge is 0.352 e. The second-order valence-electron chi connectivity index (χ2n) is 5.31. The van der Waals surface area contributed by atoms with Crippen LogP contribution < -0.4 is 5.32 Å². The number of hydrogen-bond acceptors (Lipinski definition) is 3. The summed E-state index contributed by atoms with van der Waals surface area (Å²) in [6.45, 7) is 6.36. The first-order chi connectivity index (χ1) is 9.05. The van der Waals surface area contributed by atoms with Crippen LogP contribution in [0, 0.1) is 11.2 Å². The molecule has 1 amide bonds. The Bertz CT molecular complexity index is 614. The van der Waals surface area contributed by atoms with Gasteiger partial charge in [0.05, 0.1) is 4.90 Å². The number of rotatable bonds is 5. The molecule has 112 valence electrons. The highest BCUT2D eigenvalue weighted by Gasteiger charge is 2.19. The van der Waals surface area contributed by atoms with E-state index in [-0.39, 0.29) is 11.0 Å². The smallest absolute Gasteiger partial charge is 0.261 e. The molecule has 0 radical (unpaired) electrons. The summed E-state index contributed by atoms with van der Waals surface area (Å²) in [5.41, 5.74) is -0.166. The predicted molar refractivity (Wildman–Crippen MR) is 75.8 cm³/mol. The van der Waals surface area contributed by atoms with Gasteiger partial charge >= 0.3 is 0 Å². The predicted octanol–water partition coefficient (Wildman–Crippen LogP) is 2.92. The molecule has 7 heteroatoms. The lowest BCUT2D eigenvalue weighted by molar-refractivity contribution is 0.0935. The van der Waals surface area contributed by atoms with Crippen LogP contribution >= 0.6 is 10.7 Å². The summed E-state index contributed by atoms with van der Waals surface area (Å²) in [7, 11) is 1.08. The average Bonchev–Trinajstić information content (AvgIpc) is 2.34. The van der Waals surface area contributed by atoms with Crippen LogP contribution in [0.4, 0.5) is 4.39 Å². The molecular weight excluding hydrogens is 305 g/mol. The number of hydrogen-bond donors (Lipinski definition) is 1. The zero-order valence-corrected chi connectivity index (χ0v) is 13.1. The maximum absolute atomic E-state index is 13.4. The zero-order valence-electron chi connectivity index (χ0n) is 11.5. The molecule has 0 heterocycles. The van der Waals surface area contributed by atoms with E-state index >= 15 is 0 Å². The molecule has 1 N–H and O–H groups in total. The minimum atomic E-state index is -4.08. The van der Waals surface area contributed by atoms with Gasteiger partial charge in [0.15, 0.2) is 0 Å². The molecule has 0 bridgehead atoms. The summed E-state index contributed by atoms with van der Waals surface area (Å²) in [4.78, 5) is 11.5. The molecule has 0 aliphatic carbocycles. The maximum Gasteiger partial charge on any atom is 0.261 e. The molecule has 0 spiro atoms. The van der Waals surface area contributed by atoms with Gasteiger partial charge in [-0.3, -0.25) is 4.79 Å². The van der Waals surface area contributed by atoms with Crippen LogP contribution in [-0.4, -0.2) is 20.9 Å². The molecule has 1 aromatic carbocycles. The van der Waals surface area contributed by atoms with Crippen LogP contribution in [0.25, 0.3) is 0 Å². The van der Waals surface area contributed by atoms with Crippen molar-refractivity contribution in [3.63, 3.8) is 0 Å². The number of nitrogens with one attached hydrogen (secondary N) is 1. The van der Waals surface area contributed by atoms with Crippen molar-refractivity contribution < 1.29 is 17.6 Å². The first-order valence-corrected chi connectivity index (χ1v) is 8.39. The fourth-order valence-electron chi connectivity index (χ4n) is 1.38. The Hall–Kier alpha value is -1.14. The van der Waals surface area contributed by atoms with Crippen molar-refractivity contribution in [2.45, 2.75) is 32.1 Å². The van der Waals surface area contributed by atoms with Crippen LogP contribution in [0.15, 0.2) is 23.1 Å². The Labute approximate surface area is 122 Å². The van der Waals surface area contributed by atoms with Crippen molar-refractivity contribution in [2.75, 3.05) is 6.54 Å². The molecule has 1 rings (SSSR count). The van der Waals surface area contributed by atoms with Gasteiger partial charge in [-0.2, -0.15) is 0 Å². The van der Waals surface area contributed by atoms with Gasteiger partial charge in [-0.1, -0.05) is 20.8 Å². The summed E-state index contributed by atoms with van der Waals surface area (Å²) < 4.78 is 35.7. The standard InChI is InChI=1S/C13H17ClFNO3S/c1-4-13(2,3)8-16-12(17)9-5-10(15)7-11(6-9)20(14,18)19/h5-7H,4,8H2,1-3H3,(H,16,17). The third kappa shape index (κ3) is 4.76. The molecule has 0 fully saturated rings. The van der Waals surface area contributed by atoms with Crippen molar-refractivity contribution >= 4 is 25.6 Å². The van der Waals surface area contributed by atoms with E-state index < -0.39 is 25.7 Å². The van der Waals surface area contributed by atoms with Gasteiger partial charge in [-0.15, -0.1) is 0 Å². The molecule has 0 atom stereocenters. The summed E-state index contributed by atoms with van der Waals surface area (Å²) >= 11 is 0. The van der Waals surface area contributed by atoms with Crippen LogP contribution in [0.2, 0.25) is 0 Å². The Morgan fingerprint density at radius 3 is 2.45 bits per heavy atom. The van der Waals surface area contributed by atoms with Crippen LogP contribution in [0.3, 0.4) is 0 Å². The fraction of sp³-hybridized carbons (Fsp3) is 0.462. The van der Waals surface area contributed by atoms with Gasteiger partial charge in [0.2, 0.25) is 0 Å². The number of benzene rings is 1. The fourth-order valence-corrected chi connectivity index (χ4v) is 2.17. The number of carbonyl (C=O) groups is 1. The Morgan fingerprint density at radius 1 is 1.35 bits per heavy atom. The van der Waals surface area contributed by atoms with Crippen molar-refractivity contribution in [3.8, 4) is 0 Å². The quantitative estimate of drug-likeness (QED) is 0.848. The van der Waals surface area contributed by atoms with E-state index in [2.05, 4.69) is 5.32 Å². The van der Waals surface area contributed by atoms with Gasteiger partial charge < -0.3 is 5.32 Å². The van der Waals surface area contributed by atoms with Gasteiger partial charge in [0.1, 0.15) is 5.82 Å². The topological polar surface area (TPSA) is 63.2 Å². The van der Waals surface area contributed by atoms with Crippen LogP contribution in [0.1, 0.15) is 37.6 Å². The SMILES string of the molecule is CCC(C)(C)CNC(=O)c1cc(F)cc(S(=O)(=O)Cl)c1. The number of amides is 1. The molecule has 0 saturated carbocycles. The van der Waals surface area contributed by atoms with Crippen LogP contribution in [0.5, 0.6) is 0 Å². The van der Waals surface area contributed by atoms with Gasteiger partial charge in [0.25, 0.3) is 15.0 Å². The third-order valence-corrected chi connectivity index (χ3v) is 4.43. The van der Waals surface area contributed by atoms with E-state index in [0.717, 1.165) is 24.6 Å². The van der Waals surface area contributed by atoms with E-state index in [1.165, 1.54) is 0 Å². The minimum absolute atomic E-state index is 0.0730. The lowest BCUT2D eigenvalue weighted by atomic mass is 9.90. The molecule has 0 unspecified atom stereocenters. The van der Waals surface area contributed by atoms with Gasteiger partial charge in [0, 0.05) is 22.8 Å². The molecule has 20 heavy (non-hydrogen) atoms. The van der Waals surface area contributed by atoms with Crippen molar-refractivity contribution in [3.05, 3.63) is 29.6 Å². The molecule has 1 aromatic rings. The minimum Gasteiger partial charge on any atom is -0.352 e. The first kappa shape index (κ1) is 16.9. The number of halogens is 2.